The predicted molar refractivity (Wildman–Crippen MR) is 85.5 cm³/mol. The Bertz CT molecular complexity index is 720. The molecule has 0 bridgehead atoms. The lowest BCUT2D eigenvalue weighted by Gasteiger charge is -2.10. The molecule has 21 heavy (non-hydrogen) atoms. The highest BCUT2D eigenvalue weighted by atomic mass is 35.5. The molecule has 0 radical (unpaired) electrons. The first-order chi connectivity index (χ1) is 9.92. The number of ether oxygens (including phenoxy) is 1. The first-order valence-corrected chi connectivity index (χ1v) is 7.03. The molecule has 2 aromatic carbocycles. The summed E-state index contributed by atoms with van der Waals surface area (Å²) in [4.78, 5) is 0. The standard InChI is InChI=1S/C13H8Cl4N2O2/c14-8-3-6(1-2-7(8)13(18)19-20)21-12-5-10(16)9(15)4-11(12)17/h1-5,20H,(H2,18,19). The number of benzene rings is 2. The quantitative estimate of drug-likeness (QED) is 0.258. The predicted octanol–water partition coefficient (Wildman–Crippen LogP) is 5.19. The van der Waals surface area contributed by atoms with E-state index in [1.807, 2.05) is 0 Å². The molecule has 2 rings (SSSR count). The fourth-order valence-electron chi connectivity index (χ4n) is 1.53. The van der Waals surface area contributed by atoms with Crippen LogP contribution in [0.25, 0.3) is 0 Å². The summed E-state index contributed by atoms with van der Waals surface area (Å²) in [6.07, 6.45) is 0. The molecule has 0 amide bonds. The van der Waals surface area contributed by atoms with E-state index in [0.29, 0.717) is 32.1 Å². The molecule has 0 fully saturated rings. The first-order valence-electron chi connectivity index (χ1n) is 5.52. The third-order valence-corrected chi connectivity index (χ3v) is 3.86. The number of amidine groups is 1. The van der Waals surface area contributed by atoms with E-state index in [2.05, 4.69) is 5.16 Å². The Hall–Kier alpha value is -1.33. The molecular formula is C13H8Cl4N2O2. The lowest BCUT2D eigenvalue weighted by molar-refractivity contribution is 0.318. The van der Waals surface area contributed by atoms with Gasteiger partial charge in [-0.2, -0.15) is 0 Å². The van der Waals surface area contributed by atoms with Crippen LogP contribution in [0, 0.1) is 0 Å². The van der Waals surface area contributed by atoms with Crippen LogP contribution in [-0.2, 0) is 0 Å². The molecule has 0 aliphatic rings. The van der Waals surface area contributed by atoms with Crippen LogP contribution in [0.15, 0.2) is 35.5 Å². The smallest absolute Gasteiger partial charge is 0.171 e. The average molecular weight is 366 g/mol. The molecule has 0 saturated heterocycles. The van der Waals surface area contributed by atoms with Gasteiger partial charge in [-0.3, -0.25) is 0 Å². The van der Waals surface area contributed by atoms with Gasteiger partial charge < -0.3 is 15.7 Å². The van der Waals surface area contributed by atoms with Gasteiger partial charge in [-0.1, -0.05) is 51.6 Å². The Morgan fingerprint density at radius 1 is 0.952 bits per heavy atom. The van der Waals surface area contributed by atoms with Gasteiger partial charge in [0.1, 0.15) is 11.5 Å². The zero-order valence-corrected chi connectivity index (χ0v) is 13.3. The third-order valence-electron chi connectivity index (χ3n) is 2.53. The second-order valence-corrected chi connectivity index (χ2v) is 5.55. The van der Waals surface area contributed by atoms with E-state index >= 15 is 0 Å². The van der Waals surface area contributed by atoms with Crippen LogP contribution in [0.2, 0.25) is 20.1 Å². The molecule has 0 saturated carbocycles. The molecule has 0 aliphatic carbocycles. The number of hydrogen-bond acceptors (Lipinski definition) is 3. The Labute approximate surface area is 140 Å². The van der Waals surface area contributed by atoms with Gasteiger partial charge in [-0.15, -0.1) is 0 Å². The molecule has 2 aromatic rings. The van der Waals surface area contributed by atoms with Crippen molar-refractivity contribution < 1.29 is 9.94 Å². The molecule has 0 aliphatic heterocycles. The van der Waals surface area contributed by atoms with E-state index in [1.54, 1.807) is 12.1 Å². The van der Waals surface area contributed by atoms with Crippen LogP contribution in [0.5, 0.6) is 11.5 Å². The van der Waals surface area contributed by atoms with E-state index in [-0.39, 0.29) is 10.9 Å². The molecule has 3 N–H and O–H groups in total. The van der Waals surface area contributed by atoms with Crippen LogP contribution >= 0.6 is 46.4 Å². The topological polar surface area (TPSA) is 67.8 Å². The maximum atomic E-state index is 8.64. The highest BCUT2D eigenvalue weighted by Gasteiger charge is 2.11. The van der Waals surface area contributed by atoms with Crippen molar-refractivity contribution in [2.75, 3.05) is 0 Å². The van der Waals surface area contributed by atoms with Crippen molar-refractivity contribution in [3.05, 3.63) is 56.0 Å². The summed E-state index contributed by atoms with van der Waals surface area (Å²) in [6.45, 7) is 0. The van der Waals surface area contributed by atoms with Gasteiger partial charge in [0, 0.05) is 17.7 Å². The molecule has 8 heteroatoms. The summed E-state index contributed by atoms with van der Waals surface area (Å²) in [5, 5.41) is 12.7. The normalized spacial score (nSPS) is 11.5. The monoisotopic (exact) mass is 364 g/mol. The van der Waals surface area contributed by atoms with E-state index < -0.39 is 0 Å². The van der Waals surface area contributed by atoms with Gasteiger partial charge in [0.2, 0.25) is 0 Å². The molecule has 4 nitrogen and oxygen atoms in total. The number of oxime groups is 1. The number of nitrogens with two attached hydrogens (primary N) is 1. The van der Waals surface area contributed by atoms with Crippen molar-refractivity contribution in [1.29, 1.82) is 0 Å². The van der Waals surface area contributed by atoms with Gasteiger partial charge in [0.05, 0.1) is 20.1 Å². The highest BCUT2D eigenvalue weighted by molar-refractivity contribution is 6.43. The van der Waals surface area contributed by atoms with Crippen LogP contribution in [0.3, 0.4) is 0 Å². The summed E-state index contributed by atoms with van der Waals surface area (Å²) in [6, 6.07) is 7.63. The molecular weight excluding hydrogens is 358 g/mol. The summed E-state index contributed by atoms with van der Waals surface area (Å²) in [7, 11) is 0. The Morgan fingerprint density at radius 2 is 1.62 bits per heavy atom. The number of rotatable bonds is 3. The maximum Gasteiger partial charge on any atom is 0.171 e. The summed E-state index contributed by atoms with van der Waals surface area (Å²) in [5.74, 6) is 0.646. The van der Waals surface area contributed by atoms with Crippen molar-refractivity contribution >= 4 is 52.2 Å². The van der Waals surface area contributed by atoms with Gasteiger partial charge in [0.15, 0.2) is 5.84 Å². The largest absolute Gasteiger partial charge is 0.456 e. The van der Waals surface area contributed by atoms with Crippen LogP contribution < -0.4 is 10.5 Å². The van der Waals surface area contributed by atoms with Crippen molar-refractivity contribution in [2.24, 2.45) is 10.9 Å². The second-order valence-electron chi connectivity index (χ2n) is 3.93. The van der Waals surface area contributed by atoms with E-state index in [4.69, 9.17) is 62.1 Å². The Balaban J connectivity index is 2.33. The van der Waals surface area contributed by atoms with Gasteiger partial charge >= 0.3 is 0 Å². The lowest BCUT2D eigenvalue weighted by atomic mass is 10.2. The van der Waals surface area contributed by atoms with Crippen molar-refractivity contribution in [3.8, 4) is 11.5 Å². The zero-order chi connectivity index (χ0) is 15.6. The minimum absolute atomic E-state index is 0.0980. The summed E-state index contributed by atoms with van der Waals surface area (Å²) in [5.41, 5.74) is 5.86. The Morgan fingerprint density at radius 3 is 2.24 bits per heavy atom. The Kier molecular flexibility index (Phi) is 5.06. The summed E-state index contributed by atoms with van der Waals surface area (Å²) < 4.78 is 5.59. The fraction of sp³-hybridized carbons (Fsp3) is 0. The van der Waals surface area contributed by atoms with E-state index in [0.717, 1.165) is 0 Å². The lowest BCUT2D eigenvalue weighted by Crippen LogP contribution is -2.13. The number of hydrogen-bond donors (Lipinski definition) is 2. The third kappa shape index (κ3) is 3.66. The second kappa shape index (κ2) is 6.62. The van der Waals surface area contributed by atoms with Crippen LogP contribution in [0.1, 0.15) is 5.56 Å². The first kappa shape index (κ1) is 16.0. The zero-order valence-electron chi connectivity index (χ0n) is 10.3. The highest BCUT2D eigenvalue weighted by Crippen LogP contribution is 2.37. The van der Waals surface area contributed by atoms with Gasteiger partial charge in [0.25, 0.3) is 0 Å². The van der Waals surface area contributed by atoms with Crippen molar-refractivity contribution in [1.82, 2.24) is 0 Å². The maximum absolute atomic E-state index is 8.64. The number of nitrogens with zero attached hydrogens (tertiary/aromatic N) is 1. The van der Waals surface area contributed by atoms with E-state index in [9.17, 15) is 0 Å². The number of halogens is 4. The fourth-order valence-corrected chi connectivity index (χ4v) is 2.37. The molecule has 0 heterocycles. The molecule has 0 atom stereocenters. The van der Waals surface area contributed by atoms with Crippen LogP contribution in [-0.4, -0.2) is 11.0 Å². The molecule has 0 aromatic heterocycles. The molecule has 0 spiro atoms. The average Bonchev–Trinajstić information content (AvgIpc) is 2.44. The van der Waals surface area contributed by atoms with E-state index in [1.165, 1.54) is 18.2 Å². The van der Waals surface area contributed by atoms with Crippen molar-refractivity contribution in [3.63, 3.8) is 0 Å². The minimum atomic E-state index is -0.0980. The molecule has 0 unspecified atom stereocenters. The SMILES string of the molecule is NC(=NO)c1ccc(Oc2cc(Cl)c(Cl)cc2Cl)cc1Cl. The van der Waals surface area contributed by atoms with Crippen LogP contribution in [0.4, 0.5) is 0 Å². The minimum Gasteiger partial charge on any atom is -0.456 e. The molecule has 110 valence electrons. The summed E-state index contributed by atoms with van der Waals surface area (Å²) >= 11 is 23.8. The van der Waals surface area contributed by atoms with Crippen molar-refractivity contribution in [2.45, 2.75) is 0 Å². The van der Waals surface area contributed by atoms with Gasteiger partial charge in [-0.05, 0) is 18.2 Å². The van der Waals surface area contributed by atoms with Gasteiger partial charge in [-0.25, -0.2) is 0 Å².